The Hall–Kier alpha value is -0.210. The highest BCUT2D eigenvalue weighted by atomic mass is 32.2. The van der Waals surface area contributed by atoms with Gasteiger partial charge in [-0.15, -0.1) is 0 Å². The topological polar surface area (TPSA) is 72.9 Å². The van der Waals surface area contributed by atoms with Gasteiger partial charge >= 0.3 is 0 Å². The maximum atomic E-state index is 12.1. The first-order valence-corrected chi connectivity index (χ1v) is 8.64. The number of hydrogen-bond acceptors (Lipinski definition) is 4. The SMILES string of the molecule is O=S(=O)(NCCN1CCCC1)N1CCCC(CO)C1. The molecular formula is C12H25N3O3S. The zero-order chi connectivity index (χ0) is 13.7. The second-order valence-electron chi connectivity index (χ2n) is 5.50. The third kappa shape index (κ3) is 4.39. The van der Waals surface area contributed by atoms with Crippen LogP contribution in [0, 0.1) is 5.92 Å². The van der Waals surface area contributed by atoms with Gasteiger partial charge in [0, 0.05) is 32.8 Å². The maximum absolute atomic E-state index is 12.1. The van der Waals surface area contributed by atoms with Crippen LogP contribution in [0.3, 0.4) is 0 Å². The zero-order valence-corrected chi connectivity index (χ0v) is 12.2. The molecule has 19 heavy (non-hydrogen) atoms. The van der Waals surface area contributed by atoms with Gasteiger partial charge in [0.2, 0.25) is 0 Å². The molecule has 2 saturated heterocycles. The van der Waals surface area contributed by atoms with Crippen LogP contribution in [0.25, 0.3) is 0 Å². The molecule has 0 amide bonds. The van der Waals surface area contributed by atoms with Gasteiger partial charge in [0.05, 0.1) is 0 Å². The lowest BCUT2D eigenvalue weighted by molar-refractivity contribution is 0.164. The van der Waals surface area contributed by atoms with Crippen molar-refractivity contribution in [2.75, 3.05) is 45.9 Å². The number of aliphatic hydroxyl groups is 1. The Balaban J connectivity index is 1.76. The lowest BCUT2D eigenvalue weighted by atomic mass is 10.0. The average Bonchev–Trinajstić information content (AvgIpc) is 2.92. The lowest BCUT2D eigenvalue weighted by Gasteiger charge is -2.31. The summed E-state index contributed by atoms with van der Waals surface area (Å²) < 4.78 is 28.4. The summed E-state index contributed by atoms with van der Waals surface area (Å²) in [7, 11) is -3.37. The fourth-order valence-electron chi connectivity index (χ4n) is 2.82. The first kappa shape index (κ1) is 15.2. The molecule has 2 aliphatic rings. The summed E-state index contributed by atoms with van der Waals surface area (Å²) in [6, 6.07) is 0. The quantitative estimate of drug-likeness (QED) is 0.700. The highest BCUT2D eigenvalue weighted by molar-refractivity contribution is 7.87. The first-order valence-electron chi connectivity index (χ1n) is 7.20. The molecule has 2 fully saturated rings. The summed E-state index contributed by atoms with van der Waals surface area (Å²) >= 11 is 0. The molecule has 6 nitrogen and oxygen atoms in total. The van der Waals surface area contributed by atoms with Crippen LogP contribution < -0.4 is 4.72 Å². The van der Waals surface area contributed by atoms with Crippen LogP contribution in [0.2, 0.25) is 0 Å². The molecule has 7 heteroatoms. The van der Waals surface area contributed by atoms with Crippen molar-refractivity contribution in [3.8, 4) is 0 Å². The van der Waals surface area contributed by atoms with Crippen LogP contribution in [-0.4, -0.2) is 68.6 Å². The van der Waals surface area contributed by atoms with E-state index in [0.717, 1.165) is 32.5 Å². The summed E-state index contributed by atoms with van der Waals surface area (Å²) in [5, 5.41) is 9.15. The van der Waals surface area contributed by atoms with Gasteiger partial charge in [-0.1, -0.05) is 0 Å². The molecule has 1 unspecified atom stereocenters. The Morgan fingerprint density at radius 3 is 2.58 bits per heavy atom. The van der Waals surface area contributed by atoms with E-state index in [-0.39, 0.29) is 12.5 Å². The van der Waals surface area contributed by atoms with Crippen LogP contribution in [0.4, 0.5) is 0 Å². The highest BCUT2D eigenvalue weighted by Gasteiger charge is 2.28. The van der Waals surface area contributed by atoms with Crippen LogP contribution in [-0.2, 0) is 10.2 Å². The van der Waals surface area contributed by atoms with Crippen LogP contribution in [0.1, 0.15) is 25.7 Å². The molecule has 0 radical (unpaired) electrons. The predicted molar refractivity (Wildman–Crippen MR) is 74.0 cm³/mol. The molecule has 0 aliphatic carbocycles. The summed E-state index contributed by atoms with van der Waals surface area (Å²) in [6.07, 6.45) is 4.18. The molecule has 0 bridgehead atoms. The molecule has 2 aliphatic heterocycles. The van der Waals surface area contributed by atoms with Crippen molar-refractivity contribution in [1.29, 1.82) is 0 Å². The summed E-state index contributed by atoms with van der Waals surface area (Å²) in [5.74, 6) is 0.0870. The van der Waals surface area contributed by atoms with Crippen molar-refractivity contribution in [3.05, 3.63) is 0 Å². The minimum absolute atomic E-state index is 0.0692. The first-order chi connectivity index (χ1) is 9.12. The van der Waals surface area contributed by atoms with Crippen molar-refractivity contribution in [3.63, 3.8) is 0 Å². The number of likely N-dealkylation sites (tertiary alicyclic amines) is 1. The number of nitrogens with one attached hydrogen (secondary N) is 1. The molecule has 2 rings (SSSR count). The van der Waals surface area contributed by atoms with Gasteiger partial charge in [0.25, 0.3) is 10.2 Å². The fraction of sp³-hybridized carbons (Fsp3) is 1.00. The second-order valence-corrected chi connectivity index (χ2v) is 7.25. The van der Waals surface area contributed by atoms with Gasteiger partial charge in [0.15, 0.2) is 0 Å². The molecule has 0 aromatic carbocycles. The molecule has 2 N–H and O–H groups in total. The van der Waals surface area contributed by atoms with Gasteiger partial charge in [0.1, 0.15) is 0 Å². The monoisotopic (exact) mass is 291 g/mol. The molecule has 0 saturated carbocycles. The molecule has 112 valence electrons. The second kappa shape index (κ2) is 6.99. The van der Waals surface area contributed by atoms with E-state index in [1.807, 2.05) is 0 Å². The van der Waals surface area contributed by atoms with Crippen LogP contribution in [0.5, 0.6) is 0 Å². The Labute approximate surface area is 116 Å². The Morgan fingerprint density at radius 1 is 1.16 bits per heavy atom. The third-order valence-corrected chi connectivity index (χ3v) is 5.57. The molecule has 0 aromatic rings. The normalized spacial score (nSPS) is 26.9. The van der Waals surface area contributed by atoms with Crippen molar-refractivity contribution < 1.29 is 13.5 Å². The summed E-state index contributed by atoms with van der Waals surface area (Å²) in [6.45, 7) is 4.50. The molecular weight excluding hydrogens is 266 g/mol. The molecule has 2 heterocycles. The summed E-state index contributed by atoms with van der Waals surface area (Å²) in [4.78, 5) is 2.29. The average molecular weight is 291 g/mol. The minimum Gasteiger partial charge on any atom is -0.396 e. The third-order valence-electron chi connectivity index (χ3n) is 3.99. The van der Waals surface area contributed by atoms with Crippen LogP contribution >= 0.6 is 0 Å². The van der Waals surface area contributed by atoms with Gasteiger partial charge < -0.3 is 10.0 Å². The van der Waals surface area contributed by atoms with E-state index >= 15 is 0 Å². The fourth-order valence-corrected chi connectivity index (χ4v) is 4.13. The van der Waals surface area contributed by atoms with Crippen molar-refractivity contribution in [1.82, 2.24) is 13.9 Å². The smallest absolute Gasteiger partial charge is 0.279 e. The Bertz CT molecular complexity index is 368. The number of hydrogen-bond donors (Lipinski definition) is 2. The zero-order valence-electron chi connectivity index (χ0n) is 11.4. The number of nitrogens with zero attached hydrogens (tertiary/aromatic N) is 2. The maximum Gasteiger partial charge on any atom is 0.279 e. The van der Waals surface area contributed by atoms with E-state index in [9.17, 15) is 8.42 Å². The van der Waals surface area contributed by atoms with E-state index in [4.69, 9.17) is 5.11 Å². The van der Waals surface area contributed by atoms with E-state index in [1.54, 1.807) is 0 Å². The standard InChI is InChI=1S/C12H25N3O3S/c16-11-12-4-3-8-15(10-12)19(17,18)13-5-9-14-6-1-2-7-14/h12-13,16H,1-11H2. The predicted octanol–water partition coefficient (Wildman–Crippen LogP) is -0.379. The van der Waals surface area contributed by atoms with Crippen molar-refractivity contribution in [2.24, 2.45) is 5.92 Å². The van der Waals surface area contributed by atoms with E-state index in [2.05, 4.69) is 9.62 Å². The van der Waals surface area contributed by atoms with Crippen molar-refractivity contribution in [2.45, 2.75) is 25.7 Å². The Kier molecular flexibility index (Phi) is 5.58. The number of piperidine rings is 1. The largest absolute Gasteiger partial charge is 0.396 e. The number of rotatable bonds is 6. The van der Waals surface area contributed by atoms with E-state index < -0.39 is 10.2 Å². The minimum atomic E-state index is -3.37. The molecule has 0 aromatic heterocycles. The van der Waals surface area contributed by atoms with E-state index in [0.29, 0.717) is 19.6 Å². The van der Waals surface area contributed by atoms with Gasteiger partial charge in [-0.25, -0.2) is 4.72 Å². The molecule has 0 spiro atoms. The Morgan fingerprint density at radius 2 is 1.89 bits per heavy atom. The lowest BCUT2D eigenvalue weighted by Crippen LogP contribution is -2.48. The van der Waals surface area contributed by atoms with Gasteiger partial charge in [-0.3, -0.25) is 0 Å². The van der Waals surface area contributed by atoms with Crippen molar-refractivity contribution >= 4 is 10.2 Å². The van der Waals surface area contributed by atoms with Gasteiger partial charge in [-0.2, -0.15) is 12.7 Å². The summed E-state index contributed by atoms with van der Waals surface area (Å²) in [5.41, 5.74) is 0. The number of aliphatic hydroxyl groups excluding tert-OH is 1. The van der Waals surface area contributed by atoms with Crippen LogP contribution in [0.15, 0.2) is 0 Å². The molecule has 1 atom stereocenters. The van der Waals surface area contributed by atoms with Gasteiger partial charge in [-0.05, 0) is 44.7 Å². The van der Waals surface area contributed by atoms with E-state index in [1.165, 1.54) is 17.1 Å². The highest BCUT2D eigenvalue weighted by Crippen LogP contribution is 2.17.